The average molecular weight is 427 g/mol. The van der Waals surface area contributed by atoms with Crippen molar-refractivity contribution in [2.45, 2.75) is 36.8 Å². The summed E-state index contributed by atoms with van der Waals surface area (Å²) >= 11 is 3.15. The number of hydrogen-bond acceptors (Lipinski definition) is 6. The molecule has 0 fully saturated rings. The maximum Gasteiger partial charge on any atom is 0.246 e. The Bertz CT molecular complexity index is 1040. The van der Waals surface area contributed by atoms with Crippen molar-refractivity contribution in [2.75, 3.05) is 12.8 Å². The van der Waals surface area contributed by atoms with Crippen molar-refractivity contribution in [1.29, 1.82) is 0 Å². The zero-order chi connectivity index (χ0) is 20.2. The molecule has 2 aromatic heterocycles. The Balaban J connectivity index is 1.49. The van der Waals surface area contributed by atoms with E-state index in [9.17, 15) is 9.59 Å². The van der Waals surface area contributed by atoms with Crippen molar-refractivity contribution < 1.29 is 9.59 Å². The first kappa shape index (κ1) is 19.8. The molecule has 150 valence electrons. The molecule has 0 bridgehead atoms. The molecule has 1 aromatic carbocycles. The normalized spacial score (nSPS) is 14.2. The maximum absolute atomic E-state index is 12.6. The highest BCUT2D eigenvalue weighted by atomic mass is 32.2. The molecule has 0 saturated carbocycles. The van der Waals surface area contributed by atoms with Gasteiger partial charge in [-0.1, -0.05) is 42.1 Å². The summed E-state index contributed by atoms with van der Waals surface area (Å²) in [4.78, 5) is 36.2. The highest BCUT2D eigenvalue weighted by Gasteiger charge is 2.23. The Labute approximate surface area is 177 Å². The third-order valence-corrected chi connectivity index (χ3v) is 7.19. The van der Waals surface area contributed by atoms with Crippen LogP contribution in [0.4, 0.5) is 0 Å². The van der Waals surface area contributed by atoms with E-state index in [2.05, 4.69) is 20.6 Å². The molecule has 0 radical (unpaired) electrons. The number of rotatable bonds is 6. The first-order chi connectivity index (χ1) is 14.2. The van der Waals surface area contributed by atoms with Crippen LogP contribution in [-0.4, -0.2) is 34.6 Å². The number of likely N-dealkylation sites (N-methyl/N-ethyl adjacent to an activating group) is 1. The Morgan fingerprint density at radius 1 is 1.17 bits per heavy atom. The Morgan fingerprint density at radius 3 is 2.76 bits per heavy atom. The van der Waals surface area contributed by atoms with Crippen LogP contribution in [0.15, 0.2) is 41.7 Å². The number of benzene rings is 1. The second kappa shape index (κ2) is 8.92. The van der Waals surface area contributed by atoms with Crippen LogP contribution < -0.4 is 10.6 Å². The fourth-order valence-electron chi connectivity index (χ4n) is 3.60. The van der Waals surface area contributed by atoms with Crippen LogP contribution >= 0.6 is 23.1 Å². The van der Waals surface area contributed by atoms with Crippen molar-refractivity contribution in [1.82, 2.24) is 20.6 Å². The van der Waals surface area contributed by atoms with Gasteiger partial charge in [0.2, 0.25) is 11.8 Å². The van der Waals surface area contributed by atoms with Crippen molar-refractivity contribution >= 4 is 45.1 Å². The third kappa shape index (κ3) is 4.28. The van der Waals surface area contributed by atoms with Gasteiger partial charge < -0.3 is 10.6 Å². The highest BCUT2D eigenvalue weighted by Crippen LogP contribution is 2.39. The number of carbonyl (C=O) groups is 2. The zero-order valence-corrected chi connectivity index (χ0v) is 17.7. The van der Waals surface area contributed by atoms with Gasteiger partial charge in [0.1, 0.15) is 22.2 Å². The summed E-state index contributed by atoms with van der Waals surface area (Å²) in [5.41, 5.74) is 2.11. The third-order valence-electron chi connectivity index (χ3n) is 5.00. The lowest BCUT2D eigenvalue weighted by Gasteiger charge is -2.17. The van der Waals surface area contributed by atoms with Gasteiger partial charge >= 0.3 is 0 Å². The van der Waals surface area contributed by atoms with E-state index >= 15 is 0 Å². The molecule has 3 aromatic rings. The smallest absolute Gasteiger partial charge is 0.246 e. The first-order valence-corrected chi connectivity index (χ1v) is 11.4. The molecule has 29 heavy (non-hydrogen) atoms. The van der Waals surface area contributed by atoms with E-state index in [1.54, 1.807) is 24.7 Å². The lowest BCUT2D eigenvalue weighted by Crippen LogP contribution is -2.39. The largest absolute Gasteiger partial charge is 0.357 e. The predicted molar refractivity (Wildman–Crippen MR) is 116 cm³/mol. The highest BCUT2D eigenvalue weighted by molar-refractivity contribution is 8.00. The van der Waals surface area contributed by atoms with Crippen molar-refractivity contribution in [3.05, 3.63) is 52.7 Å². The molecule has 0 aliphatic heterocycles. The van der Waals surface area contributed by atoms with Crippen LogP contribution in [0, 0.1) is 0 Å². The van der Waals surface area contributed by atoms with E-state index in [0.717, 1.165) is 33.6 Å². The quantitative estimate of drug-likeness (QED) is 0.467. The lowest BCUT2D eigenvalue weighted by molar-refractivity contribution is -0.127. The number of nitrogens with zero attached hydrogens (tertiary/aromatic N) is 2. The summed E-state index contributed by atoms with van der Waals surface area (Å²) in [7, 11) is 1.57. The van der Waals surface area contributed by atoms with Crippen molar-refractivity contribution in [3.63, 3.8) is 0 Å². The van der Waals surface area contributed by atoms with Crippen LogP contribution in [0.25, 0.3) is 10.2 Å². The number of nitrogens with one attached hydrogen (secondary N) is 2. The molecule has 8 heteroatoms. The molecule has 2 amide bonds. The van der Waals surface area contributed by atoms with Crippen LogP contribution in [0.3, 0.4) is 0 Å². The monoisotopic (exact) mass is 426 g/mol. The number of hydrogen-bond donors (Lipinski definition) is 2. The summed E-state index contributed by atoms with van der Waals surface area (Å²) < 4.78 is 0. The summed E-state index contributed by atoms with van der Waals surface area (Å²) in [5, 5.41) is 7.42. The molecule has 6 nitrogen and oxygen atoms in total. The van der Waals surface area contributed by atoms with E-state index in [0.29, 0.717) is 0 Å². The lowest BCUT2D eigenvalue weighted by atomic mass is 9.97. The van der Waals surface area contributed by atoms with Crippen LogP contribution in [0.1, 0.15) is 34.9 Å². The molecule has 2 heterocycles. The van der Waals surface area contributed by atoms with Crippen LogP contribution in [0.5, 0.6) is 0 Å². The SMILES string of the molecule is CNC(=O)C(NC(=O)CSc1ncnc2sc3c(c12)CCCC3)c1ccccc1. The molecule has 1 aliphatic carbocycles. The number of aryl methyl sites for hydroxylation is 2. The number of thioether (sulfide) groups is 1. The number of thiophene rings is 1. The van der Waals surface area contributed by atoms with Gasteiger partial charge in [0.25, 0.3) is 0 Å². The Kier molecular flexibility index (Phi) is 6.10. The second-order valence-corrected chi connectivity index (χ2v) is 8.93. The zero-order valence-electron chi connectivity index (χ0n) is 16.1. The van der Waals surface area contributed by atoms with Crippen molar-refractivity contribution in [2.24, 2.45) is 0 Å². The molecular formula is C21H22N4O2S2. The number of carbonyl (C=O) groups excluding carboxylic acids is 2. The number of fused-ring (bicyclic) bond motifs is 3. The van der Waals surface area contributed by atoms with Gasteiger partial charge in [-0.3, -0.25) is 9.59 Å². The summed E-state index contributed by atoms with van der Waals surface area (Å²) in [6.45, 7) is 0. The van der Waals surface area contributed by atoms with E-state index in [4.69, 9.17) is 0 Å². The molecule has 4 rings (SSSR count). The minimum atomic E-state index is -0.714. The maximum atomic E-state index is 12.6. The topological polar surface area (TPSA) is 84.0 Å². The first-order valence-electron chi connectivity index (χ1n) is 9.61. The van der Waals surface area contributed by atoms with Gasteiger partial charge in [-0.05, 0) is 36.8 Å². The minimum absolute atomic E-state index is 0.192. The molecule has 1 atom stereocenters. The summed E-state index contributed by atoms with van der Waals surface area (Å²) in [6, 6.07) is 8.53. The van der Waals surface area contributed by atoms with E-state index in [-0.39, 0.29) is 17.6 Å². The van der Waals surface area contributed by atoms with Crippen LogP contribution in [-0.2, 0) is 22.4 Å². The predicted octanol–water partition coefficient (Wildman–Crippen LogP) is 3.27. The van der Waals surface area contributed by atoms with Gasteiger partial charge in [0.05, 0.1) is 5.75 Å². The molecular weight excluding hydrogens is 404 g/mol. The van der Waals surface area contributed by atoms with E-state index in [1.165, 1.54) is 35.0 Å². The molecule has 1 unspecified atom stereocenters. The fourth-order valence-corrected chi connectivity index (χ4v) is 5.73. The molecule has 0 spiro atoms. The fraction of sp³-hybridized carbons (Fsp3) is 0.333. The summed E-state index contributed by atoms with van der Waals surface area (Å²) in [6.07, 6.45) is 6.13. The van der Waals surface area contributed by atoms with Gasteiger partial charge in [-0.2, -0.15) is 0 Å². The molecule has 1 aliphatic rings. The summed E-state index contributed by atoms with van der Waals surface area (Å²) in [5.74, 6) is -0.258. The van der Waals surface area contributed by atoms with E-state index in [1.807, 2.05) is 30.3 Å². The number of amides is 2. The molecule has 2 N–H and O–H groups in total. The minimum Gasteiger partial charge on any atom is -0.357 e. The van der Waals surface area contributed by atoms with Gasteiger partial charge in [0.15, 0.2) is 0 Å². The second-order valence-electron chi connectivity index (χ2n) is 6.88. The Hall–Kier alpha value is -2.45. The average Bonchev–Trinajstić information content (AvgIpc) is 3.15. The Morgan fingerprint density at radius 2 is 1.97 bits per heavy atom. The van der Waals surface area contributed by atoms with Gasteiger partial charge in [0, 0.05) is 17.3 Å². The van der Waals surface area contributed by atoms with Gasteiger partial charge in [-0.25, -0.2) is 9.97 Å². The van der Waals surface area contributed by atoms with Gasteiger partial charge in [-0.15, -0.1) is 11.3 Å². The van der Waals surface area contributed by atoms with Crippen LogP contribution in [0.2, 0.25) is 0 Å². The standard InChI is InChI=1S/C21H22N4O2S2/c1-22-19(27)18(13-7-3-2-4-8-13)25-16(26)11-28-20-17-14-9-5-6-10-15(14)29-21(17)24-12-23-20/h2-4,7-8,12,18H,5-6,9-11H2,1H3,(H,22,27)(H,25,26). The molecule has 0 saturated heterocycles. The van der Waals surface area contributed by atoms with Crippen molar-refractivity contribution in [3.8, 4) is 0 Å². The van der Waals surface area contributed by atoms with E-state index < -0.39 is 6.04 Å². The number of aromatic nitrogens is 2.